The molecule has 0 aliphatic rings. The number of hydrogen-bond donors (Lipinski definition) is 3. The Kier molecular flexibility index (Phi) is 3.91. The first kappa shape index (κ1) is 12.5. The molecule has 18 heavy (non-hydrogen) atoms. The van der Waals surface area contributed by atoms with E-state index in [2.05, 4.69) is 5.43 Å². The standard InChI is InChI=1S/C12H12N2O3S/c13-14-12(16)10-5-6-17-11(10)7-18-9-3-1-8(15)2-4-9/h1-6,15H,7,13H2,(H,14,16). The summed E-state index contributed by atoms with van der Waals surface area (Å²) in [5.41, 5.74) is 2.51. The second-order valence-corrected chi connectivity index (χ2v) is 4.56. The molecule has 0 saturated heterocycles. The molecule has 0 atom stereocenters. The van der Waals surface area contributed by atoms with Gasteiger partial charge in [-0.3, -0.25) is 10.2 Å². The van der Waals surface area contributed by atoms with Crippen molar-refractivity contribution in [2.24, 2.45) is 5.84 Å². The van der Waals surface area contributed by atoms with Gasteiger partial charge < -0.3 is 9.52 Å². The van der Waals surface area contributed by atoms with Gasteiger partial charge in [-0.15, -0.1) is 11.8 Å². The van der Waals surface area contributed by atoms with E-state index < -0.39 is 0 Å². The van der Waals surface area contributed by atoms with Gasteiger partial charge in [0.15, 0.2) is 0 Å². The number of thioether (sulfide) groups is 1. The van der Waals surface area contributed by atoms with E-state index in [0.717, 1.165) is 4.90 Å². The SMILES string of the molecule is NNC(=O)c1ccoc1CSc1ccc(O)cc1. The molecular weight excluding hydrogens is 252 g/mol. The molecule has 0 aliphatic carbocycles. The van der Waals surface area contributed by atoms with Crippen LogP contribution in [-0.2, 0) is 5.75 Å². The van der Waals surface area contributed by atoms with Crippen molar-refractivity contribution in [1.82, 2.24) is 5.43 Å². The average Bonchev–Trinajstić information content (AvgIpc) is 2.85. The fourth-order valence-corrected chi connectivity index (χ4v) is 2.27. The summed E-state index contributed by atoms with van der Waals surface area (Å²) in [7, 11) is 0. The number of nitrogens with two attached hydrogens (primary N) is 1. The lowest BCUT2D eigenvalue weighted by Crippen LogP contribution is -2.30. The molecule has 2 rings (SSSR count). The topological polar surface area (TPSA) is 88.5 Å². The fraction of sp³-hybridized carbons (Fsp3) is 0.0833. The highest BCUT2D eigenvalue weighted by molar-refractivity contribution is 7.98. The number of rotatable bonds is 4. The van der Waals surface area contributed by atoms with E-state index in [1.54, 1.807) is 30.3 Å². The minimum atomic E-state index is -0.370. The molecule has 6 heteroatoms. The summed E-state index contributed by atoms with van der Waals surface area (Å²) >= 11 is 1.50. The summed E-state index contributed by atoms with van der Waals surface area (Å²) in [5.74, 6) is 6.01. The summed E-state index contributed by atoms with van der Waals surface area (Å²) in [6.07, 6.45) is 1.46. The summed E-state index contributed by atoms with van der Waals surface area (Å²) in [6, 6.07) is 8.39. The molecule has 1 aromatic carbocycles. The summed E-state index contributed by atoms with van der Waals surface area (Å²) in [6.45, 7) is 0. The van der Waals surface area contributed by atoms with Crippen molar-refractivity contribution in [3.63, 3.8) is 0 Å². The van der Waals surface area contributed by atoms with E-state index in [1.807, 2.05) is 0 Å². The first-order valence-corrected chi connectivity index (χ1v) is 6.18. The zero-order valence-electron chi connectivity index (χ0n) is 9.42. The lowest BCUT2D eigenvalue weighted by atomic mass is 10.2. The number of furan rings is 1. The number of hydrazine groups is 1. The predicted octanol–water partition coefficient (Wildman–Crippen LogP) is 1.88. The van der Waals surface area contributed by atoms with Crippen LogP contribution in [0.25, 0.3) is 0 Å². The molecule has 94 valence electrons. The highest BCUT2D eigenvalue weighted by atomic mass is 32.2. The lowest BCUT2D eigenvalue weighted by Gasteiger charge is -2.02. The zero-order chi connectivity index (χ0) is 13.0. The van der Waals surface area contributed by atoms with Crippen LogP contribution in [0.5, 0.6) is 5.75 Å². The number of amides is 1. The van der Waals surface area contributed by atoms with Crippen molar-refractivity contribution in [3.8, 4) is 5.75 Å². The maximum Gasteiger partial charge on any atom is 0.268 e. The van der Waals surface area contributed by atoms with Gasteiger partial charge in [-0.2, -0.15) is 0 Å². The molecule has 0 unspecified atom stereocenters. The Bertz CT molecular complexity index is 537. The van der Waals surface area contributed by atoms with Gasteiger partial charge >= 0.3 is 0 Å². The van der Waals surface area contributed by atoms with Crippen LogP contribution in [0.4, 0.5) is 0 Å². The third kappa shape index (κ3) is 2.85. The number of phenols is 1. The van der Waals surface area contributed by atoms with Crippen molar-refractivity contribution in [3.05, 3.63) is 47.9 Å². The van der Waals surface area contributed by atoms with Crippen LogP contribution in [0.1, 0.15) is 16.1 Å². The molecular formula is C12H12N2O3S. The molecule has 2 aromatic rings. The number of hydrogen-bond acceptors (Lipinski definition) is 5. The van der Waals surface area contributed by atoms with E-state index >= 15 is 0 Å². The Morgan fingerprint density at radius 3 is 2.72 bits per heavy atom. The Balaban J connectivity index is 2.04. The maximum absolute atomic E-state index is 11.4. The zero-order valence-corrected chi connectivity index (χ0v) is 10.2. The Morgan fingerprint density at radius 1 is 1.33 bits per heavy atom. The molecule has 0 bridgehead atoms. The van der Waals surface area contributed by atoms with Gasteiger partial charge in [0.25, 0.3) is 5.91 Å². The van der Waals surface area contributed by atoms with E-state index in [4.69, 9.17) is 15.4 Å². The molecule has 0 saturated carbocycles. The third-order valence-corrected chi connectivity index (χ3v) is 3.34. The molecule has 0 fully saturated rings. The summed E-state index contributed by atoms with van der Waals surface area (Å²) in [4.78, 5) is 12.4. The predicted molar refractivity (Wildman–Crippen MR) is 68.0 cm³/mol. The summed E-state index contributed by atoms with van der Waals surface area (Å²) in [5, 5.41) is 9.16. The van der Waals surface area contributed by atoms with Crippen LogP contribution in [-0.4, -0.2) is 11.0 Å². The van der Waals surface area contributed by atoms with Gasteiger partial charge in [0.1, 0.15) is 11.5 Å². The van der Waals surface area contributed by atoms with Crippen LogP contribution in [0.3, 0.4) is 0 Å². The van der Waals surface area contributed by atoms with Crippen LogP contribution < -0.4 is 11.3 Å². The summed E-state index contributed by atoms with van der Waals surface area (Å²) < 4.78 is 5.25. The number of benzene rings is 1. The van der Waals surface area contributed by atoms with Gasteiger partial charge in [0, 0.05) is 4.90 Å². The molecule has 4 N–H and O–H groups in total. The fourth-order valence-electron chi connectivity index (χ4n) is 1.42. The van der Waals surface area contributed by atoms with Crippen molar-refractivity contribution in [2.75, 3.05) is 0 Å². The number of aromatic hydroxyl groups is 1. The van der Waals surface area contributed by atoms with Gasteiger partial charge in [0.05, 0.1) is 17.6 Å². The minimum Gasteiger partial charge on any atom is -0.508 e. The number of carbonyl (C=O) groups excluding carboxylic acids is 1. The highest BCUT2D eigenvalue weighted by Gasteiger charge is 2.13. The molecule has 0 aliphatic heterocycles. The van der Waals surface area contributed by atoms with E-state index in [-0.39, 0.29) is 11.7 Å². The Morgan fingerprint density at radius 2 is 2.06 bits per heavy atom. The van der Waals surface area contributed by atoms with Crippen LogP contribution in [0.15, 0.2) is 45.9 Å². The molecule has 1 amide bonds. The molecule has 0 radical (unpaired) electrons. The second kappa shape index (κ2) is 5.61. The largest absolute Gasteiger partial charge is 0.508 e. The normalized spacial score (nSPS) is 10.3. The minimum absolute atomic E-state index is 0.223. The number of nitrogen functional groups attached to an aromatic ring is 1. The highest BCUT2D eigenvalue weighted by Crippen LogP contribution is 2.26. The van der Waals surface area contributed by atoms with Crippen molar-refractivity contribution >= 4 is 17.7 Å². The van der Waals surface area contributed by atoms with Gasteiger partial charge in [-0.25, -0.2) is 5.84 Å². The molecule has 1 aromatic heterocycles. The number of carbonyl (C=O) groups is 1. The first-order valence-electron chi connectivity index (χ1n) is 5.20. The van der Waals surface area contributed by atoms with Gasteiger partial charge in [-0.05, 0) is 30.3 Å². The molecule has 5 nitrogen and oxygen atoms in total. The Hall–Kier alpha value is -1.92. The van der Waals surface area contributed by atoms with Crippen LogP contribution in [0, 0.1) is 0 Å². The van der Waals surface area contributed by atoms with Gasteiger partial charge in [0.2, 0.25) is 0 Å². The smallest absolute Gasteiger partial charge is 0.268 e. The van der Waals surface area contributed by atoms with Crippen LogP contribution in [0.2, 0.25) is 0 Å². The van der Waals surface area contributed by atoms with E-state index in [0.29, 0.717) is 17.1 Å². The lowest BCUT2D eigenvalue weighted by molar-refractivity contribution is 0.0952. The van der Waals surface area contributed by atoms with E-state index in [1.165, 1.54) is 18.0 Å². The van der Waals surface area contributed by atoms with Crippen LogP contribution >= 0.6 is 11.8 Å². The van der Waals surface area contributed by atoms with Crippen molar-refractivity contribution in [2.45, 2.75) is 10.6 Å². The quantitative estimate of drug-likeness (QED) is 0.339. The third-order valence-electron chi connectivity index (χ3n) is 2.33. The van der Waals surface area contributed by atoms with Crippen molar-refractivity contribution in [1.29, 1.82) is 0 Å². The van der Waals surface area contributed by atoms with Crippen molar-refractivity contribution < 1.29 is 14.3 Å². The number of phenolic OH excluding ortho intramolecular Hbond substituents is 1. The van der Waals surface area contributed by atoms with Gasteiger partial charge in [-0.1, -0.05) is 0 Å². The van der Waals surface area contributed by atoms with E-state index in [9.17, 15) is 4.79 Å². The second-order valence-electron chi connectivity index (χ2n) is 3.51. The Labute approximate surface area is 108 Å². The first-order chi connectivity index (χ1) is 8.70. The molecule has 1 heterocycles. The monoisotopic (exact) mass is 264 g/mol. The molecule has 0 spiro atoms. The maximum atomic E-state index is 11.4. The number of nitrogens with one attached hydrogen (secondary N) is 1. The average molecular weight is 264 g/mol.